The second kappa shape index (κ2) is 4.11. The molecule has 1 aromatic carbocycles. The number of benzene rings is 1. The molecule has 1 fully saturated rings. The zero-order valence-corrected chi connectivity index (χ0v) is 8.90. The van der Waals surface area contributed by atoms with Crippen molar-refractivity contribution in [1.82, 2.24) is 10.2 Å². The van der Waals surface area contributed by atoms with Crippen LogP contribution in [0.2, 0.25) is 0 Å². The Bertz CT molecular complexity index is 278. The average Bonchev–Trinajstić information content (AvgIpc) is 2.17. The van der Waals surface area contributed by atoms with E-state index in [1.165, 1.54) is 18.7 Å². The van der Waals surface area contributed by atoms with Gasteiger partial charge in [-0.05, 0) is 19.5 Å². The predicted octanol–water partition coefficient (Wildman–Crippen LogP) is 1.65. The van der Waals surface area contributed by atoms with Gasteiger partial charge in [-0.15, -0.1) is 0 Å². The first-order valence-electron chi connectivity index (χ1n) is 5.27. The van der Waals surface area contributed by atoms with Crippen molar-refractivity contribution < 1.29 is 0 Å². The molecule has 0 aliphatic carbocycles. The molecule has 1 N–H and O–H groups in total. The van der Waals surface area contributed by atoms with Gasteiger partial charge in [0.1, 0.15) is 0 Å². The van der Waals surface area contributed by atoms with Gasteiger partial charge in [-0.2, -0.15) is 0 Å². The summed E-state index contributed by atoms with van der Waals surface area (Å²) >= 11 is 0. The van der Waals surface area contributed by atoms with Crippen molar-refractivity contribution in [3.8, 4) is 0 Å². The van der Waals surface area contributed by atoms with E-state index in [4.69, 9.17) is 0 Å². The summed E-state index contributed by atoms with van der Waals surface area (Å²) in [5.74, 6) is 0. The van der Waals surface area contributed by atoms with E-state index in [0.717, 1.165) is 0 Å². The molecular formula is C12H18N2. The lowest BCUT2D eigenvalue weighted by Crippen LogP contribution is -2.57. The van der Waals surface area contributed by atoms with Crippen LogP contribution in [0.3, 0.4) is 0 Å². The smallest absolute Gasteiger partial charge is 0.0321 e. The van der Waals surface area contributed by atoms with Crippen LogP contribution in [0.5, 0.6) is 0 Å². The number of hydrogen-bond acceptors (Lipinski definition) is 2. The Kier molecular flexibility index (Phi) is 2.85. The highest BCUT2D eigenvalue weighted by atomic mass is 15.3. The molecule has 1 aliphatic rings. The summed E-state index contributed by atoms with van der Waals surface area (Å²) in [6.07, 6.45) is 0. The number of hydrogen-bond donors (Lipinski definition) is 1. The molecule has 2 rings (SSSR count). The van der Waals surface area contributed by atoms with Gasteiger partial charge in [0.15, 0.2) is 0 Å². The third-order valence-electron chi connectivity index (χ3n) is 3.15. The Morgan fingerprint density at radius 3 is 2.50 bits per heavy atom. The van der Waals surface area contributed by atoms with Crippen LogP contribution in [0.25, 0.3) is 0 Å². The highest BCUT2D eigenvalue weighted by molar-refractivity contribution is 5.19. The van der Waals surface area contributed by atoms with E-state index in [2.05, 4.69) is 47.5 Å². The molecule has 1 unspecified atom stereocenters. The number of nitrogens with zero attached hydrogens (tertiary/aromatic N) is 1. The highest BCUT2D eigenvalue weighted by Gasteiger charge is 2.29. The third-order valence-corrected chi connectivity index (χ3v) is 3.15. The van der Waals surface area contributed by atoms with E-state index >= 15 is 0 Å². The second-order valence-electron chi connectivity index (χ2n) is 4.03. The van der Waals surface area contributed by atoms with Crippen LogP contribution in [-0.4, -0.2) is 31.1 Å². The van der Waals surface area contributed by atoms with Gasteiger partial charge in [0, 0.05) is 25.2 Å². The first-order valence-corrected chi connectivity index (χ1v) is 5.27. The van der Waals surface area contributed by atoms with E-state index in [9.17, 15) is 0 Å². The first-order chi connectivity index (χ1) is 6.81. The van der Waals surface area contributed by atoms with Crippen molar-refractivity contribution in [2.45, 2.75) is 19.0 Å². The van der Waals surface area contributed by atoms with Crippen LogP contribution in [0.15, 0.2) is 30.3 Å². The van der Waals surface area contributed by atoms with Gasteiger partial charge in [-0.1, -0.05) is 30.3 Å². The Balaban J connectivity index is 1.94. The topological polar surface area (TPSA) is 15.3 Å². The number of rotatable bonds is 3. The molecular weight excluding hydrogens is 172 g/mol. The van der Waals surface area contributed by atoms with Crippen LogP contribution in [0.4, 0.5) is 0 Å². The largest absolute Gasteiger partial charge is 0.315 e. The lowest BCUT2D eigenvalue weighted by atomic mass is 10.0. The van der Waals surface area contributed by atoms with Crippen molar-refractivity contribution in [1.29, 1.82) is 0 Å². The fourth-order valence-corrected chi connectivity index (χ4v) is 1.95. The number of likely N-dealkylation sites (tertiary alicyclic amines) is 1. The Morgan fingerprint density at radius 2 is 1.93 bits per heavy atom. The minimum Gasteiger partial charge on any atom is -0.315 e. The summed E-state index contributed by atoms with van der Waals surface area (Å²) in [5.41, 5.74) is 1.42. The van der Waals surface area contributed by atoms with Crippen molar-refractivity contribution in [3.63, 3.8) is 0 Å². The summed E-state index contributed by atoms with van der Waals surface area (Å²) in [6.45, 7) is 4.63. The molecule has 0 amide bonds. The maximum atomic E-state index is 3.30. The monoisotopic (exact) mass is 190 g/mol. The van der Waals surface area contributed by atoms with Gasteiger partial charge >= 0.3 is 0 Å². The fraction of sp³-hybridized carbons (Fsp3) is 0.500. The molecule has 14 heavy (non-hydrogen) atoms. The third kappa shape index (κ3) is 1.81. The molecule has 0 radical (unpaired) electrons. The minimum absolute atomic E-state index is 0.556. The molecule has 1 atom stereocenters. The molecule has 2 heteroatoms. The quantitative estimate of drug-likeness (QED) is 0.779. The fourth-order valence-electron chi connectivity index (χ4n) is 1.95. The number of nitrogens with one attached hydrogen (secondary N) is 1. The molecule has 1 aliphatic heterocycles. The van der Waals surface area contributed by atoms with Crippen LogP contribution >= 0.6 is 0 Å². The van der Waals surface area contributed by atoms with Crippen LogP contribution in [0, 0.1) is 0 Å². The Morgan fingerprint density at radius 1 is 1.29 bits per heavy atom. The van der Waals surface area contributed by atoms with Crippen molar-refractivity contribution in [2.75, 3.05) is 20.1 Å². The molecule has 0 spiro atoms. The lowest BCUT2D eigenvalue weighted by molar-refractivity contribution is 0.0879. The molecule has 1 saturated heterocycles. The predicted molar refractivity (Wildman–Crippen MR) is 59.3 cm³/mol. The Labute approximate surface area is 85.9 Å². The summed E-state index contributed by atoms with van der Waals surface area (Å²) in [5, 5.41) is 3.30. The van der Waals surface area contributed by atoms with Crippen LogP contribution in [0.1, 0.15) is 18.5 Å². The Hall–Kier alpha value is -0.860. The second-order valence-corrected chi connectivity index (χ2v) is 4.03. The molecule has 0 saturated carbocycles. The van der Waals surface area contributed by atoms with E-state index < -0.39 is 0 Å². The zero-order chi connectivity index (χ0) is 9.97. The van der Waals surface area contributed by atoms with Gasteiger partial charge in [0.2, 0.25) is 0 Å². The molecule has 1 aromatic rings. The normalized spacial score (nSPS) is 20.4. The highest BCUT2D eigenvalue weighted by Crippen LogP contribution is 2.24. The van der Waals surface area contributed by atoms with Crippen molar-refractivity contribution >= 4 is 0 Å². The van der Waals surface area contributed by atoms with E-state index in [0.29, 0.717) is 12.1 Å². The van der Waals surface area contributed by atoms with Gasteiger partial charge in [0.05, 0.1) is 0 Å². The maximum Gasteiger partial charge on any atom is 0.0321 e. The van der Waals surface area contributed by atoms with Crippen LogP contribution in [-0.2, 0) is 0 Å². The van der Waals surface area contributed by atoms with E-state index in [-0.39, 0.29) is 0 Å². The molecule has 0 aromatic heterocycles. The molecule has 1 heterocycles. The molecule has 2 nitrogen and oxygen atoms in total. The molecule has 0 bridgehead atoms. The summed E-state index contributed by atoms with van der Waals surface area (Å²) in [7, 11) is 2.04. The first kappa shape index (κ1) is 9.69. The average molecular weight is 190 g/mol. The van der Waals surface area contributed by atoms with Crippen molar-refractivity contribution in [3.05, 3.63) is 35.9 Å². The van der Waals surface area contributed by atoms with Gasteiger partial charge in [-0.3, -0.25) is 4.90 Å². The van der Waals surface area contributed by atoms with E-state index in [1.54, 1.807) is 0 Å². The molecule has 76 valence electrons. The van der Waals surface area contributed by atoms with Crippen LogP contribution < -0.4 is 5.32 Å². The number of likely N-dealkylation sites (N-methyl/N-ethyl adjacent to an activating group) is 1. The standard InChI is InChI=1S/C12H18N2/c1-10(11-6-4-3-5-7-11)14-8-12(9-14)13-2/h3-7,10,12-13H,8-9H2,1-2H3. The maximum absolute atomic E-state index is 3.30. The SMILES string of the molecule is CNC1CN(C(C)c2ccccc2)C1. The van der Waals surface area contributed by atoms with E-state index in [1.807, 2.05) is 7.05 Å². The van der Waals surface area contributed by atoms with Crippen molar-refractivity contribution in [2.24, 2.45) is 0 Å². The van der Waals surface area contributed by atoms with Gasteiger partial charge < -0.3 is 5.32 Å². The summed E-state index contributed by atoms with van der Waals surface area (Å²) in [4.78, 5) is 2.50. The summed E-state index contributed by atoms with van der Waals surface area (Å²) < 4.78 is 0. The zero-order valence-electron chi connectivity index (χ0n) is 8.90. The summed E-state index contributed by atoms with van der Waals surface area (Å²) in [6, 6.07) is 12.0. The minimum atomic E-state index is 0.556. The van der Waals surface area contributed by atoms with Gasteiger partial charge in [0.25, 0.3) is 0 Å². The van der Waals surface area contributed by atoms with Gasteiger partial charge in [-0.25, -0.2) is 0 Å². The lowest BCUT2D eigenvalue weighted by Gasteiger charge is -2.43.